The van der Waals surface area contributed by atoms with E-state index in [0.717, 1.165) is 5.56 Å². The third-order valence-corrected chi connectivity index (χ3v) is 2.88. The maximum Gasteiger partial charge on any atom is 0.318 e. The van der Waals surface area contributed by atoms with Gasteiger partial charge in [0.15, 0.2) is 5.82 Å². The Morgan fingerprint density at radius 3 is 2.71 bits per heavy atom. The van der Waals surface area contributed by atoms with E-state index in [1.165, 1.54) is 13.3 Å². The number of methoxy groups -OCH3 is 1. The summed E-state index contributed by atoms with van der Waals surface area (Å²) in [5, 5.41) is 2.83. The fourth-order valence-electron chi connectivity index (χ4n) is 1.87. The lowest BCUT2D eigenvalue weighted by molar-refractivity contribution is 0.102. The molecular weight excluding hydrogens is 268 g/mol. The number of carbonyl (C=O) groups is 1. The predicted molar refractivity (Wildman–Crippen MR) is 82.0 cm³/mol. The first-order valence-electron chi connectivity index (χ1n) is 6.47. The Bertz CT molecular complexity index is 656. The van der Waals surface area contributed by atoms with Crippen LogP contribution in [0.25, 0.3) is 0 Å². The number of ether oxygens (including phenoxy) is 1. The maximum atomic E-state index is 12.3. The van der Waals surface area contributed by atoms with E-state index in [0.29, 0.717) is 17.1 Å². The monoisotopic (exact) mass is 286 g/mol. The summed E-state index contributed by atoms with van der Waals surface area (Å²) in [7, 11) is 5.17. The number of benzene rings is 1. The molecule has 1 aromatic carbocycles. The van der Waals surface area contributed by atoms with E-state index in [1.807, 2.05) is 39.2 Å². The first-order chi connectivity index (χ1) is 10.0. The minimum atomic E-state index is -0.199. The minimum Gasteiger partial charge on any atom is -0.467 e. The molecule has 0 aliphatic heterocycles. The van der Waals surface area contributed by atoms with E-state index in [9.17, 15) is 4.79 Å². The molecule has 0 unspecified atom stereocenters. The van der Waals surface area contributed by atoms with E-state index >= 15 is 0 Å². The summed E-state index contributed by atoms with van der Waals surface area (Å²) in [5.41, 5.74) is 2.16. The molecule has 0 aliphatic carbocycles. The molecule has 1 heterocycles. The van der Waals surface area contributed by atoms with Crippen LogP contribution < -0.4 is 15.0 Å². The maximum absolute atomic E-state index is 12.3. The molecular formula is C15H18N4O2. The van der Waals surface area contributed by atoms with Gasteiger partial charge < -0.3 is 15.0 Å². The van der Waals surface area contributed by atoms with Crippen LogP contribution in [0.1, 0.15) is 15.9 Å². The zero-order valence-electron chi connectivity index (χ0n) is 12.5. The van der Waals surface area contributed by atoms with Gasteiger partial charge in [0.1, 0.15) is 5.69 Å². The zero-order chi connectivity index (χ0) is 15.4. The van der Waals surface area contributed by atoms with E-state index in [-0.39, 0.29) is 11.9 Å². The van der Waals surface area contributed by atoms with Crippen LogP contribution in [-0.4, -0.2) is 37.1 Å². The van der Waals surface area contributed by atoms with Crippen molar-refractivity contribution in [2.45, 2.75) is 6.92 Å². The third kappa shape index (κ3) is 3.47. The smallest absolute Gasteiger partial charge is 0.318 e. The second kappa shape index (κ2) is 6.21. The highest BCUT2D eigenvalue weighted by atomic mass is 16.5. The number of nitrogens with one attached hydrogen (secondary N) is 1. The van der Waals surface area contributed by atoms with Gasteiger partial charge in [-0.05, 0) is 19.1 Å². The minimum absolute atomic E-state index is 0.199. The lowest BCUT2D eigenvalue weighted by atomic mass is 10.1. The van der Waals surface area contributed by atoms with Crippen molar-refractivity contribution in [3.63, 3.8) is 0 Å². The number of carbonyl (C=O) groups excluding carboxylic acids is 1. The Labute approximate surface area is 123 Å². The normalized spacial score (nSPS) is 10.1. The van der Waals surface area contributed by atoms with Crippen LogP contribution >= 0.6 is 0 Å². The van der Waals surface area contributed by atoms with Gasteiger partial charge in [0.2, 0.25) is 0 Å². The topological polar surface area (TPSA) is 67.3 Å². The standard InChI is InChI=1S/C15H18N4O2/c1-10-6-5-7-11(8-10)14(20)17-12-9-16-15(21-4)18-13(12)19(2)3/h5-9H,1-4H3,(H,17,20). The van der Waals surface area contributed by atoms with Crippen LogP contribution in [0.15, 0.2) is 30.5 Å². The third-order valence-electron chi connectivity index (χ3n) is 2.88. The molecule has 1 aromatic heterocycles. The van der Waals surface area contributed by atoms with Gasteiger partial charge in [-0.2, -0.15) is 4.98 Å². The fourth-order valence-corrected chi connectivity index (χ4v) is 1.87. The summed E-state index contributed by atoms with van der Waals surface area (Å²) in [4.78, 5) is 22.3. The summed E-state index contributed by atoms with van der Waals surface area (Å²) in [6.07, 6.45) is 1.54. The average molecular weight is 286 g/mol. The predicted octanol–water partition coefficient (Wildman–Crippen LogP) is 2.11. The molecule has 1 N–H and O–H groups in total. The molecule has 1 amide bonds. The van der Waals surface area contributed by atoms with Crippen LogP contribution in [0.4, 0.5) is 11.5 Å². The molecule has 21 heavy (non-hydrogen) atoms. The highest BCUT2D eigenvalue weighted by molar-refractivity contribution is 6.05. The Balaban J connectivity index is 2.28. The number of aryl methyl sites for hydroxylation is 1. The van der Waals surface area contributed by atoms with Crippen LogP contribution in [0, 0.1) is 6.92 Å². The van der Waals surface area contributed by atoms with Crippen molar-refractivity contribution in [3.05, 3.63) is 41.6 Å². The summed E-state index contributed by atoms with van der Waals surface area (Å²) in [6.45, 7) is 1.94. The van der Waals surface area contributed by atoms with Crippen molar-refractivity contribution in [3.8, 4) is 6.01 Å². The molecule has 2 aromatic rings. The summed E-state index contributed by atoms with van der Waals surface area (Å²) >= 11 is 0. The Hall–Kier alpha value is -2.63. The SMILES string of the molecule is COc1ncc(NC(=O)c2cccc(C)c2)c(N(C)C)n1. The fraction of sp³-hybridized carbons (Fsp3) is 0.267. The van der Waals surface area contributed by atoms with Crippen LogP contribution in [0.5, 0.6) is 6.01 Å². The Morgan fingerprint density at radius 2 is 2.10 bits per heavy atom. The first kappa shape index (κ1) is 14.8. The molecule has 0 spiro atoms. The van der Waals surface area contributed by atoms with Crippen LogP contribution in [0.3, 0.4) is 0 Å². The van der Waals surface area contributed by atoms with Gasteiger partial charge in [0.05, 0.1) is 13.3 Å². The summed E-state index contributed by atoms with van der Waals surface area (Å²) < 4.78 is 5.00. The number of hydrogen-bond donors (Lipinski definition) is 1. The second-order valence-corrected chi connectivity index (χ2v) is 4.81. The second-order valence-electron chi connectivity index (χ2n) is 4.81. The lowest BCUT2D eigenvalue weighted by Crippen LogP contribution is -2.18. The number of amides is 1. The number of aromatic nitrogens is 2. The number of nitrogens with zero attached hydrogens (tertiary/aromatic N) is 3. The molecule has 6 nitrogen and oxygen atoms in total. The molecule has 0 atom stereocenters. The zero-order valence-corrected chi connectivity index (χ0v) is 12.5. The molecule has 0 saturated heterocycles. The summed E-state index contributed by atoms with van der Waals surface area (Å²) in [6, 6.07) is 7.64. The highest BCUT2D eigenvalue weighted by Gasteiger charge is 2.13. The highest BCUT2D eigenvalue weighted by Crippen LogP contribution is 2.23. The lowest BCUT2D eigenvalue weighted by Gasteiger charge is -2.16. The van der Waals surface area contributed by atoms with E-state index < -0.39 is 0 Å². The molecule has 0 bridgehead atoms. The molecule has 2 rings (SSSR count). The Morgan fingerprint density at radius 1 is 1.33 bits per heavy atom. The number of anilines is 2. The molecule has 110 valence electrons. The van der Waals surface area contributed by atoms with E-state index in [2.05, 4.69) is 15.3 Å². The van der Waals surface area contributed by atoms with Crippen molar-refractivity contribution in [1.82, 2.24) is 9.97 Å². The van der Waals surface area contributed by atoms with Crippen LogP contribution in [-0.2, 0) is 0 Å². The van der Waals surface area contributed by atoms with Crippen LogP contribution in [0.2, 0.25) is 0 Å². The van der Waals surface area contributed by atoms with Gasteiger partial charge in [-0.1, -0.05) is 17.7 Å². The largest absolute Gasteiger partial charge is 0.467 e. The quantitative estimate of drug-likeness (QED) is 0.932. The van der Waals surface area contributed by atoms with E-state index in [4.69, 9.17) is 4.74 Å². The van der Waals surface area contributed by atoms with Gasteiger partial charge >= 0.3 is 6.01 Å². The first-order valence-corrected chi connectivity index (χ1v) is 6.47. The average Bonchev–Trinajstić information content (AvgIpc) is 2.47. The number of rotatable bonds is 4. The molecule has 0 saturated carbocycles. The summed E-state index contributed by atoms with van der Waals surface area (Å²) in [5.74, 6) is 0.387. The number of hydrogen-bond acceptors (Lipinski definition) is 5. The van der Waals surface area contributed by atoms with Gasteiger partial charge in [-0.25, -0.2) is 4.98 Å². The molecule has 0 radical (unpaired) electrons. The van der Waals surface area contributed by atoms with Gasteiger partial charge in [-0.3, -0.25) is 4.79 Å². The van der Waals surface area contributed by atoms with Gasteiger partial charge in [0, 0.05) is 19.7 Å². The van der Waals surface area contributed by atoms with E-state index in [1.54, 1.807) is 11.0 Å². The molecule has 6 heteroatoms. The van der Waals surface area contributed by atoms with Crippen molar-refractivity contribution in [2.75, 3.05) is 31.4 Å². The van der Waals surface area contributed by atoms with Crippen molar-refractivity contribution >= 4 is 17.4 Å². The van der Waals surface area contributed by atoms with Crippen molar-refractivity contribution in [1.29, 1.82) is 0 Å². The van der Waals surface area contributed by atoms with Gasteiger partial charge in [-0.15, -0.1) is 0 Å². The molecule has 0 aliphatic rings. The van der Waals surface area contributed by atoms with Crippen molar-refractivity contribution < 1.29 is 9.53 Å². The molecule has 0 fully saturated rings. The van der Waals surface area contributed by atoms with Gasteiger partial charge in [0.25, 0.3) is 5.91 Å². The Kier molecular flexibility index (Phi) is 4.37. The van der Waals surface area contributed by atoms with Crippen molar-refractivity contribution in [2.24, 2.45) is 0 Å².